The second-order valence-electron chi connectivity index (χ2n) is 6.58. The first-order valence-corrected chi connectivity index (χ1v) is 9.17. The molecule has 6 heteroatoms. The normalized spacial score (nSPS) is 15.4. The quantitative estimate of drug-likeness (QED) is 0.684. The van der Waals surface area contributed by atoms with Gasteiger partial charge in [-0.1, -0.05) is 25.1 Å². The summed E-state index contributed by atoms with van der Waals surface area (Å²) in [6.07, 6.45) is 0.981. The van der Waals surface area contributed by atoms with Gasteiger partial charge in [0, 0.05) is 11.7 Å². The van der Waals surface area contributed by atoms with E-state index in [1.165, 1.54) is 10.5 Å². The maximum Gasteiger partial charge on any atom is 0.275 e. The van der Waals surface area contributed by atoms with Crippen LogP contribution in [0.3, 0.4) is 0 Å². The number of nitrogens with zero attached hydrogens (tertiary/aromatic N) is 1. The van der Waals surface area contributed by atoms with Crippen LogP contribution in [0, 0.1) is 0 Å². The van der Waals surface area contributed by atoms with Gasteiger partial charge in [-0.15, -0.1) is 0 Å². The molecule has 0 saturated carbocycles. The fraction of sp³-hybridized carbons (Fsp3) is 0.556. The Balaban J connectivity index is 1.81. The SMILES string of the molecule is CCc1ccccc1NC(=S)N1CC[NH+](CC(=O)NC(C)C)CC1. The predicted molar refractivity (Wildman–Crippen MR) is 102 cm³/mol. The lowest BCUT2D eigenvalue weighted by atomic mass is 10.1. The molecule has 1 aromatic rings. The number of hydrogen-bond donors (Lipinski definition) is 3. The molecular weight excluding hydrogens is 320 g/mol. The number of aryl methyl sites for hydroxylation is 1. The Bertz CT molecular complexity index is 568. The van der Waals surface area contributed by atoms with Crippen molar-refractivity contribution in [1.82, 2.24) is 10.2 Å². The molecule has 3 N–H and O–H groups in total. The monoisotopic (exact) mass is 349 g/mol. The number of nitrogens with one attached hydrogen (secondary N) is 3. The van der Waals surface area contributed by atoms with Gasteiger partial charge >= 0.3 is 0 Å². The summed E-state index contributed by atoms with van der Waals surface area (Å²) in [5, 5.41) is 7.12. The highest BCUT2D eigenvalue weighted by Crippen LogP contribution is 2.16. The summed E-state index contributed by atoms with van der Waals surface area (Å²) in [6.45, 7) is 10.3. The number of benzene rings is 1. The first-order valence-electron chi connectivity index (χ1n) is 8.76. The van der Waals surface area contributed by atoms with Gasteiger partial charge in [0.15, 0.2) is 11.7 Å². The summed E-state index contributed by atoms with van der Waals surface area (Å²) in [4.78, 5) is 15.4. The minimum absolute atomic E-state index is 0.131. The van der Waals surface area contributed by atoms with E-state index in [9.17, 15) is 4.79 Å². The molecule has 1 fully saturated rings. The standard InChI is InChI=1S/C18H28N4OS/c1-4-15-7-5-6-8-16(15)20-18(24)22-11-9-21(10-12-22)13-17(23)19-14(2)3/h5-8,14H,4,9-13H2,1-3H3,(H,19,23)(H,20,24)/p+1. The number of amides is 1. The Morgan fingerprint density at radius 2 is 1.96 bits per heavy atom. The van der Waals surface area contributed by atoms with E-state index >= 15 is 0 Å². The van der Waals surface area contributed by atoms with Gasteiger partial charge in [-0.2, -0.15) is 0 Å². The summed E-state index contributed by atoms with van der Waals surface area (Å²) < 4.78 is 0. The number of para-hydroxylation sites is 1. The minimum atomic E-state index is 0.131. The zero-order valence-electron chi connectivity index (χ0n) is 14.9. The predicted octanol–water partition coefficient (Wildman–Crippen LogP) is 0.671. The maximum atomic E-state index is 11.9. The van der Waals surface area contributed by atoms with Crippen molar-refractivity contribution in [2.75, 3.05) is 38.0 Å². The number of piperazine rings is 1. The molecular formula is C18H29N4OS+. The molecule has 0 radical (unpaired) electrons. The summed E-state index contributed by atoms with van der Waals surface area (Å²) in [7, 11) is 0. The van der Waals surface area contributed by atoms with Crippen molar-refractivity contribution >= 4 is 28.9 Å². The van der Waals surface area contributed by atoms with Crippen molar-refractivity contribution in [2.24, 2.45) is 0 Å². The molecule has 1 aliphatic rings. The third kappa shape index (κ3) is 5.46. The number of hydrogen-bond acceptors (Lipinski definition) is 2. The van der Waals surface area contributed by atoms with Gasteiger partial charge in [0.05, 0.1) is 26.2 Å². The molecule has 0 aliphatic carbocycles. The lowest BCUT2D eigenvalue weighted by Gasteiger charge is -2.33. The largest absolute Gasteiger partial charge is 0.349 e. The smallest absolute Gasteiger partial charge is 0.275 e. The van der Waals surface area contributed by atoms with Gasteiger partial charge in [0.25, 0.3) is 5.91 Å². The van der Waals surface area contributed by atoms with Crippen LogP contribution in [-0.2, 0) is 11.2 Å². The van der Waals surface area contributed by atoms with Crippen LogP contribution in [0.5, 0.6) is 0 Å². The van der Waals surface area contributed by atoms with Gasteiger partial charge in [-0.3, -0.25) is 4.79 Å². The van der Waals surface area contributed by atoms with Crippen molar-refractivity contribution in [3.8, 4) is 0 Å². The van der Waals surface area contributed by atoms with E-state index in [1.807, 2.05) is 19.9 Å². The van der Waals surface area contributed by atoms with Gasteiger partial charge in [-0.25, -0.2) is 0 Å². The molecule has 1 saturated heterocycles. The van der Waals surface area contributed by atoms with Crippen LogP contribution in [0.25, 0.3) is 0 Å². The average molecular weight is 350 g/mol. The van der Waals surface area contributed by atoms with E-state index in [0.717, 1.165) is 43.4 Å². The molecule has 0 unspecified atom stereocenters. The van der Waals surface area contributed by atoms with Crippen molar-refractivity contribution in [3.05, 3.63) is 29.8 Å². The minimum Gasteiger partial charge on any atom is -0.349 e. The molecule has 132 valence electrons. The van der Waals surface area contributed by atoms with E-state index in [-0.39, 0.29) is 11.9 Å². The first kappa shape index (κ1) is 18.7. The highest BCUT2D eigenvalue weighted by Gasteiger charge is 2.24. The molecule has 1 aromatic carbocycles. The van der Waals surface area contributed by atoms with E-state index in [0.29, 0.717) is 6.54 Å². The third-order valence-corrected chi connectivity index (χ3v) is 4.62. The lowest BCUT2D eigenvalue weighted by molar-refractivity contribution is -0.895. The molecule has 1 aliphatic heterocycles. The number of anilines is 1. The molecule has 24 heavy (non-hydrogen) atoms. The number of rotatable bonds is 5. The average Bonchev–Trinajstić information content (AvgIpc) is 2.55. The Labute approximate surface area is 150 Å². The van der Waals surface area contributed by atoms with E-state index in [1.54, 1.807) is 0 Å². The van der Waals surface area contributed by atoms with Crippen molar-refractivity contribution < 1.29 is 9.69 Å². The second-order valence-corrected chi connectivity index (χ2v) is 6.96. The molecule has 0 spiro atoms. The molecule has 2 rings (SSSR count). The fourth-order valence-corrected chi connectivity index (χ4v) is 3.24. The number of quaternary nitrogens is 1. The van der Waals surface area contributed by atoms with Crippen LogP contribution in [0.1, 0.15) is 26.3 Å². The molecule has 1 amide bonds. The topological polar surface area (TPSA) is 48.8 Å². The van der Waals surface area contributed by atoms with Gasteiger partial charge in [0.1, 0.15) is 0 Å². The van der Waals surface area contributed by atoms with E-state index < -0.39 is 0 Å². The molecule has 0 aromatic heterocycles. The zero-order chi connectivity index (χ0) is 17.5. The third-order valence-electron chi connectivity index (χ3n) is 4.26. The molecule has 1 heterocycles. The van der Waals surface area contributed by atoms with Crippen LogP contribution >= 0.6 is 12.2 Å². The molecule has 5 nitrogen and oxygen atoms in total. The highest BCUT2D eigenvalue weighted by atomic mass is 32.1. The number of thiocarbonyl (C=S) groups is 1. The molecule has 0 bridgehead atoms. The maximum absolute atomic E-state index is 11.9. The van der Waals surface area contributed by atoms with Crippen LogP contribution in [0.15, 0.2) is 24.3 Å². The van der Waals surface area contributed by atoms with Gasteiger partial charge in [0.2, 0.25) is 0 Å². The summed E-state index contributed by atoms with van der Waals surface area (Å²) in [5.74, 6) is 0.131. The molecule has 0 atom stereocenters. The number of carbonyl (C=O) groups excluding carboxylic acids is 1. The second kappa shape index (κ2) is 8.99. The summed E-state index contributed by atoms with van der Waals surface area (Å²) in [6, 6.07) is 8.48. The van der Waals surface area contributed by atoms with Crippen LogP contribution in [0.2, 0.25) is 0 Å². The van der Waals surface area contributed by atoms with Crippen LogP contribution in [-0.4, -0.2) is 54.7 Å². The Hall–Kier alpha value is -1.66. The number of carbonyl (C=O) groups is 1. The Morgan fingerprint density at radius 1 is 1.29 bits per heavy atom. The zero-order valence-corrected chi connectivity index (χ0v) is 15.7. The van der Waals surface area contributed by atoms with Crippen molar-refractivity contribution in [2.45, 2.75) is 33.2 Å². The summed E-state index contributed by atoms with van der Waals surface area (Å²) in [5.41, 5.74) is 2.37. The van der Waals surface area contributed by atoms with Crippen molar-refractivity contribution in [3.63, 3.8) is 0 Å². The van der Waals surface area contributed by atoms with E-state index in [2.05, 4.69) is 40.7 Å². The Morgan fingerprint density at radius 3 is 2.58 bits per heavy atom. The van der Waals surface area contributed by atoms with Crippen LogP contribution < -0.4 is 15.5 Å². The van der Waals surface area contributed by atoms with Crippen molar-refractivity contribution in [1.29, 1.82) is 0 Å². The lowest BCUT2D eigenvalue weighted by Crippen LogP contribution is -3.16. The summed E-state index contributed by atoms with van der Waals surface area (Å²) >= 11 is 5.57. The van der Waals surface area contributed by atoms with E-state index in [4.69, 9.17) is 12.2 Å². The fourth-order valence-electron chi connectivity index (χ4n) is 2.95. The first-order chi connectivity index (χ1) is 11.5. The Kier molecular flexibility index (Phi) is 6.99. The van der Waals surface area contributed by atoms with Gasteiger partial charge in [-0.05, 0) is 44.1 Å². The van der Waals surface area contributed by atoms with Crippen LogP contribution in [0.4, 0.5) is 5.69 Å². The highest BCUT2D eigenvalue weighted by molar-refractivity contribution is 7.80. The van der Waals surface area contributed by atoms with Gasteiger partial charge < -0.3 is 20.4 Å².